The van der Waals surface area contributed by atoms with Crippen molar-refractivity contribution >= 4 is 22.4 Å². The molecule has 0 bridgehead atoms. The lowest BCUT2D eigenvalue weighted by Crippen LogP contribution is -2.22. The van der Waals surface area contributed by atoms with Crippen molar-refractivity contribution in [2.24, 2.45) is 0 Å². The van der Waals surface area contributed by atoms with E-state index < -0.39 is 0 Å². The third-order valence-corrected chi connectivity index (χ3v) is 4.29. The molecule has 2 N–H and O–H groups in total. The lowest BCUT2D eigenvalue weighted by Gasteiger charge is -2.03. The van der Waals surface area contributed by atoms with Gasteiger partial charge >= 0.3 is 0 Å². The highest BCUT2D eigenvalue weighted by atomic mass is 32.1. The van der Waals surface area contributed by atoms with Crippen LogP contribution < -0.4 is 10.6 Å². The van der Waals surface area contributed by atoms with Gasteiger partial charge in [0.2, 0.25) is 0 Å². The maximum atomic E-state index is 12.2. The largest absolute Gasteiger partial charge is 0.359 e. The molecule has 0 spiro atoms. The molecule has 3 rings (SSSR count). The van der Waals surface area contributed by atoms with E-state index in [0.717, 1.165) is 16.4 Å². The van der Waals surface area contributed by atoms with Crippen molar-refractivity contribution in [2.75, 3.05) is 5.32 Å². The molecule has 0 radical (unpaired) electrons. The monoisotopic (exact) mass is 287 g/mol. The molecule has 1 fully saturated rings. The summed E-state index contributed by atoms with van der Waals surface area (Å²) >= 11 is 1.44. The molecule has 0 unspecified atom stereocenters. The summed E-state index contributed by atoms with van der Waals surface area (Å²) in [7, 11) is 0. The number of anilines is 1. The smallest absolute Gasteiger partial charge is 0.263 e. The van der Waals surface area contributed by atoms with Gasteiger partial charge < -0.3 is 10.6 Å². The molecule has 2 aromatic rings. The van der Waals surface area contributed by atoms with Gasteiger partial charge in [0.1, 0.15) is 4.88 Å². The van der Waals surface area contributed by atoms with Gasteiger partial charge in [0.25, 0.3) is 5.91 Å². The van der Waals surface area contributed by atoms with Gasteiger partial charge in [0, 0.05) is 12.6 Å². The molecule has 20 heavy (non-hydrogen) atoms. The fourth-order valence-corrected chi connectivity index (χ4v) is 2.89. The van der Waals surface area contributed by atoms with Crippen LogP contribution >= 0.6 is 11.3 Å². The SMILES string of the molecule is Cc1nc(NC2CC2)sc1C(=O)NCc1ccccc1. The van der Waals surface area contributed by atoms with E-state index in [-0.39, 0.29) is 5.91 Å². The van der Waals surface area contributed by atoms with Gasteiger partial charge in [-0.2, -0.15) is 0 Å². The molecule has 0 atom stereocenters. The maximum absolute atomic E-state index is 12.2. The van der Waals surface area contributed by atoms with Crippen molar-refractivity contribution in [1.82, 2.24) is 10.3 Å². The molecular formula is C15H17N3OS. The Labute approximate surface area is 122 Å². The van der Waals surface area contributed by atoms with E-state index in [4.69, 9.17) is 0 Å². The fourth-order valence-electron chi connectivity index (χ4n) is 1.93. The number of carbonyl (C=O) groups excluding carboxylic acids is 1. The first-order chi connectivity index (χ1) is 9.72. The highest BCUT2D eigenvalue weighted by molar-refractivity contribution is 7.17. The van der Waals surface area contributed by atoms with Crippen LogP contribution in [-0.2, 0) is 6.54 Å². The lowest BCUT2D eigenvalue weighted by molar-refractivity contribution is 0.0954. The number of thiazole rings is 1. The molecule has 0 aliphatic heterocycles. The minimum Gasteiger partial charge on any atom is -0.359 e. The highest BCUT2D eigenvalue weighted by Gasteiger charge is 2.23. The molecule has 0 saturated heterocycles. The number of aryl methyl sites for hydroxylation is 1. The molecule has 1 aromatic heterocycles. The zero-order valence-electron chi connectivity index (χ0n) is 11.3. The molecule has 5 heteroatoms. The van der Waals surface area contributed by atoms with Crippen LogP contribution in [0.5, 0.6) is 0 Å². The molecule has 1 amide bonds. The Hall–Kier alpha value is -1.88. The lowest BCUT2D eigenvalue weighted by atomic mass is 10.2. The van der Waals surface area contributed by atoms with Crippen molar-refractivity contribution in [3.05, 3.63) is 46.5 Å². The van der Waals surface area contributed by atoms with Crippen molar-refractivity contribution in [2.45, 2.75) is 32.4 Å². The Morgan fingerprint density at radius 1 is 1.35 bits per heavy atom. The molecule has 1 aliphatic rings. The van der Waals surface area contributed by atoms with Crippen LogP contribution in [0, 0.1) is 6.92 Å². The Morgan fingerprint density at radius 2 is 2.10 bits per heavy atom. The second kappa shape index (κ2) is 5.63. The van der Waals surface area contributed by atoms with Gasteiger partial charge in [0.05, 0.1) is 5.69 Å². The number of benzene rings is 1. The topological polar surface area (TPSA) is 54.0 Å². The average Bonchev–Trinajstić information content (AvgIpc) is 3.19. The number of nitrogens with one attached hydrogen (secondary N) is 2. The molecule has 4 nitrogen and oxygen atoms in total. The average molecular weight is 287 g/mol. The van der Waals surface area contributed by atoms with Crippen LogP contribution in [0.2, 0.25) is 0 Å². The first-order valence-electron chi connectivity index (χ1n) is 6.78. The Bertz CT molecular complexity index is 605. The van der Waals surface area contributed by atoms with Crippen LogP contribution in [0.15, 0.2) is 30.3 Å². The fraction of sp³-hybridized carbons (Fsp3) is 0.333. The molecule has 104 valence electrons. The van der Waals surface area contributed by atoms with Gasteiger partial charge in [-0.25, -0.2) is 4.98 Å². The Balaban J connectivity index is 1.62. The summed E-state index contributed by atoms with van der Waals surface area (Å²) in [6.45, 7) is 2.43. The minimum atomic E-state index is -0.0484. The van der Waals surface area contributed by atoms with Crippen LogP contribution in [0.3, 0.4) is 0 Å². The van der Waals surface area contributed by atoms with E-state index >= 15 is 0 Å². The van der Waals surface area contributed by atoms with Gasteiger partial charge in [0.15, 0.2) is 5.13 Å². The molecule has 1 heterocycles. The Morgan fingerprint density at radius 3 is 2.80 bits per heavy atom. The number of aromatic nitrogens is 1. The predicted octanol–water partition coefficient (Wildman–Crippen LogP) is 2.96. The van der Waals surface area contributed by atoms with Crippen molar-refractivity contribution in [1.29, 1.82) is 0 Å². The van der Waals surface area contributed by atoms with E-state index in [2.05, 4.69) is 15.6 Å². The zero-order valence-corrected chi connectivity index (χ0v) is 12.2. The summed E-state index contributed by atoms with van der Waals surface area (Å²) in [5.41, 5.74) is 1.89. The molecule has 1 aliphatic carbocycles. The van der Waals surface area contributed by atoms with E-state index in [1.165, 1.54) is 24.2 Å². The van der Waals surface area contributed by atoms with Crippen LogP contribution in [0.25, 0.3) is 0 Å². The summed E-state index contributed by atoms with van der Waals surface area (Å²) in [6, 6.07) is 10.5. The maximum Gasteiger partial charge on any atom is 0.263 e. The van der Waals surface area contributed by atoms with Crippen LogP contribution in [-0.4, -0.2) is 16.9 Å². The first kappa shape index (κ1) is 13.1. The first-order valence-corrected chi connectivity index (χ1v) is 7.60. The number of hydrogen-bond acceptors (Lipinski definition) is 4. The summed E-state index contributed by atoms with van der Waals surface area (Å²) in [6.07, 6.45) is 2.41. The number of amides is 1. The summed E-state index contributed by atoms with van der Waals surface area (Å²) in [5.74, 6) is -0.0484. The molecular weight excluding hydrogens is 270 g/mol. The van der Waals surface area contributed by atoms with E-state index in [1.807, 2.05) is 37.3 Å². The second-order valence-corrected chi connectivity index (χ2v) is 6.02. The summed E-state index contributed by atoms with van der Waals surface area (Å²) in [4.78, 5) is 17.3. The standard InChI is InChI=1S/C15H17N3OS/c1-10-13(20-15(17-10)18-12-7-8-12)14(19)16-9-11-5-3-2-4-6-11/h2-6,12H,7-9H2,1H3,(H,16,19)(H,17,18). The van der Waals surface area contributed by atoms with E-state index in [1.54, 1.807) is 0 Å². The third-order valence-electron chi connectivity index (χ3n) is 3.20. The number of hydrogen-bond donors (Lipinski definition) is 2. The minimum absolute atomic E-state index is 0.0484. The third kappa shape index (κ3) is 3.17. The van der Waals surface area contributed by atoms with Gasteiger partial charge in [-0.15, -0.1) is 0 Å². The van der Waals surface area contributed by atoms with Crippen LogP contribution in [0.1, 0.15) is 33.8 Å². The molecule has 1 aromatic carbocycles. The zero-order chi connectivity index (χ0) is 13.9. The van der Waals surface area contributed by atoms with Crippen molar-refractivity contribution in [3.8, 4) is 0 Å². The second-order valence-electron chi connectivity index (χ2n) is 5.02. The number of rotatable bonds is 5. The number of carbonyl (C=O) groups is 1. The van der Waals surface area contributed by atoms with E-state index in [0.29, 0.717) is 17.5 Å². The normalized spacial score (nSPS) is 14.1. The van der Waals surface area contributed by atoms with E-state index in [9.17, 15) is 4.79 Å². The summed E-state index contributed by atoms with van der Waals surface area (Å²) < 4.78 is 0. The van der Waals surface area contributed by atoms with Gasteiger partial charge in [-0.1, -0.05) is 41.7 Å². The summed E-state index contributed by atoms with van der Waals surface area (Å²) in [5, 5.41) is 7.13. The predicted molar refractivity (Wildman–Crippen MR) is 81.1 cm³/mol. The number of nitrogens with zero attached hydrogens (tertiary/aromatic N) is 1. The Kier molecular flexibility index (Phi) is 3.69. The van der Waals surface area contributed by atoms with Crippen molar-refractivity contribution in [3.63, 3.8) is 0 Å². The van der Waals surface area contributed by atoms with Gasteiger partial charge in [-0.3, -0.25) is 4.79 Å². The highest BCUT2D eigenvalue weighted by Crippen LogP contribution is 2.29. The molecule has 1 saturated carbocycles. The van der Waals surface area contributed by atoms with Gasteiger partial charge in [-0.05, 0) is 25.3 Å². The van der Waals surface area contributed by atoms with Crippen LogP contribution in [0.4, 0.5) is 5.13 Å². The quantitative estimate of drug-likeness (QED) is 0.889. The van der Waals surface area contributed by atoms with Crippen molar-refractivity contribution < 1.29 is 4.79 Å².